The third-order valence-corrected chi connectivity index (χ3v) is 3.50. The molecule has 0 saturated carbocycles. The molecule has 0 radical (unpaired) electrons. The molecule has 0 bridgehead atoms. The van der Waals surface area contributed by atoms with Gasteiger partial charge >= 0.3 is 0 Å². The molecule has 0 fully saturated rings. The maximum absolute atomic E-state index is 4.49. The summed E-state index contributed by atoms with van der Waals surface area (Å²) in [5.41, 5.74) is 3.92. The minimum absolute atomic E-state index is 0.396. The van der Waals surface area contributed by atoms with Gasteiger partial charge in [0.1, 0.15) is 5.82 Å². The smallest absolute Gasteiger partial charge is 0.202 e. The van der Waals surface area contributed by atoms with Crippen molar-refractivity contribution in [3.8, 4) is 0 Å². The van der Waals surface area contributed by atoms with Gasteiger partial charge in [-0.2, -0.15) is 4.37 Å². The molecule has 0 aliphatic rings. The van der Waals surface area contributed by atoms with Crippen molar-refractivity contribution >= 4 is 16.7 Å². The van der Waals surface area contributed by atoms with Crippen LogP contribution in [0.25, 0.3) is 0 Å². The summed E-state index contributed by atoms with van der Waals surface area (Å²) in [5.74, 6) is 0.895. The maximum atomic E-state index is 4.49. The highest BCUT2D eigenvalue weighted by atomic mass is 32.1. The Morgan fingerprint density at radius 1 is 1.22 bits per heavy atom. The molecular formula is C14H19N3S. The van der Waals surface area contributed by atoms with E-state index in [0.29, 0.717) is 6.04 Å². The fraction of sp³-hybridized carbons (Fsp3) is 0.429. The van der Waals surface area contributed by atoms with Crippen LogP contribution in [-0.4, -0.2) is 15.4 Å². The second kappa shape index (κ2) is 5.48. The standard InChI is InChI=1S/C14H19N3S/c1-9(2)15-14-16-13(17-18-14)8-12-6-5-10(3)11(4)7-12/h5-7,9H,8H2,1-4H3,(H,15,16,17). The van der Waals surface area contributed by atoms with Crippen LogP contribution in [0, 0.1) is 13.8 Å². The Hall–Kier alpha value is -1.42. The maximum Gasteiger partial charge on any atom is 0.202 e. The number of hydrogen-bond acceptors (Lipinski definition) is 4. The molecule has 0 aliphatic heterocycles. The van der Waals surface area contributed by atoms with Crippen molar-refractivity contribution in [2.75, 3.05) is 5.32 Å². The molecule has 4 heteroatoms. The van der Waals surface area contributed by atoms with E-state index < -0.39 is 0 Å². The average Bonchev–Trinajstić information content (AvgIpc) is 2.70. The van der Waals surface area contributed by atoms with Gasteiger partial charge in [0, 0.05) is 24.0 Å². The van der Waals surface area contributed by atoms with Crippen LogP contribution in [0.2, 0.25) is 0 Å². The lowest BCUT2D eigenvalue weighted by Gasteiger charge is -2.04. The summed E-state index contributed by atoms with van der Waals surface area (Å²) in [6, 6.07) is 6.92. The van der Waals surface area contributed by atoms with Gasteiger partial charge in [0.05, 0.1) is 0 Å². The van der Waals surface area contributed by atoms with Gasteiger partial charge in [-0.25, -0.2) is 4.98 Å². The van der Waals surface area contributed by atoms with Crippen molar-refractivity contribution < 1.29 is 0 Å². The quantitative estimate of drug-likeness (QED) is 0.914. The highest BCUT2D eigenvalue weighted by Gasteiger charge is 2.06. The Labute approximate surface area is 112 Å². The molecule has 0 spiro atoms. The van der Waals surface area contributed by atoms with E-state index >= 15 is 0 Å². The number of hydrogen-bond donors (Lipinski definition) is 1. The van der Waals surface area contributed by atoms with E-state index in [9.17, 15) is 0 Å². The van der Waals surface area contributed by atoms with Crippen LogP contribution in [0.1, 0.15) is 36.4 Å². The second-order valence-electron chi connectivity index (χ2n) is 4.91. The van der Waals surface area contributed by atoms with Crippen molar-refractivity contribution in [3.05, 3.63) is 40.7 Å². The topological polar surface area (TPSA) is 37.8 Å². The summed E-state index contributed by atoms with van der Waals surface area (Å²) in [4.78, 5) is 4.49. The molecule has 3 nitrogen and oxygen atoms in total. The summed E-state index contributed by atoms with van der Waals surface area (Å²) < 4.78 is 4.38. The van der Waals surface area contributed by atoms with E-state index in [4.69, 9.17) is 0 Å². The average molecular weight is 261 g/mol. The van der Waals surface area contributed by atoms with E-state index in [-0.39, 0.29) is 0 Å². The number of rotatable bonds is 4. The Balaban J connectivity index is 2.08. The molecule has 18 heavy (non-hydrogen) atoms. The molecule has 1 aromatic carbocycles. The largest absolute Gasteiger partial charge is 0.358 e. The second-order valence-corrected chi connectivity index (χ2v) is 5.66. The molecule has 0 saturated heterocycles. The van der Waals surface area contributed by atoms with Crippen LogP contribution >= 0.6 is 11.5 Å². The van der Waals surface area contributed by atoms with Gasteiger partial charge in [-0.05, 0) is 44.4 Å². The lowest BCUT2D eigenvalue weighted by molar-refractivity contribution is 0.892. The van der Waals surface area contributed by atoms with Crippen molar-refractivity contribution in [1.82, 2.24) is 9.36 Å². The van der Waals surface area contributed by atoms with Crippen LogP contribution in [0.3, 0.4) is 0 Å². The summed E-state index contributed by atoms with van der Waals surface area (Å²) in [5, 5.41) is 4.18. The predicted molar refractivity (Wildman–Crippen MR) is 77.4 cm³/mol. The Morgan fingerprint density at radius 2 is 2.00 bits per heavy atom. The van der Waals surface area contributed by atoms with Gasteiger partial charge in [0.2, 0.25) is 5.13 Å². The third-order valence-electron chi connectivity index (χ3n) is 2.81. The van der Waals surface area contributed by atoms with E-state index in [1.165, 1.54) is 28.2 Å². The first kappa shape index (κ1) is 13.0. The van der Waals surface area contributed by atoms with Gasteiger partial charge in [-0.1, -0.05) is 18.2 Å². The molecule has 0 unspecified atom stereocenters. The summed E-state index contributed by atoms with van der Waals surface area (Å²) >= 11 is 1.43. The fourth-order valence-corrected chi connectivity index (χ4v) is 2.46. The first-order valence-electron chi connectivity index (χ1n) is 6.20. The van der Waals surface area contributed by atoms with Gasteiger partial charge < -0.3 is 5.32 Å². The van der Waals surface area contributed by atoms with Crippen LogP contribution in [0.5, 0.6) is 0 Å². The molecule has 0 amide bonds. The predicted octanol–water partition coefficient (Wildman–Crippen LogP) is 3.57. The van der Waals surface area contributed by atoms with Gasteiger partial charge in [0.25, 0.3) is 0 Å². The Kier molecular flexibility index (Phi) is 3.97. The van der Waals surface area contributed by atoms with Crippen LogP contribution in [-0.2, 0) is 6.42 Å². The molecule has 2 aromatic rings. The van der Waals surface area contributed by atoms with E-state index in [0.717, 1.165) is 17.4 Å². The Bertz CT molecular complexity index is 532. The number of nitrogens with one attached hydrogen (secondary N) is 1. The normalized spacial score (nSPS) is 10.9. The number of nitrogens with zero attached hydrogens (tertiary/aromatic N) is 2. The summed E-state index contributed by atoms with van der Waals surface area (Å²) in [7, 11) is 0. The van der Waals surface area contributed by atoms with Crippen LogP contribution in [0.4, 0.5) is 5.13 Å². The van der Waals surface area contributed by atoms with Crippen LogP contribution < -0.4 is 5.32 Å². The highest BCUT2D eigenvalue weighted by molar-refractivity contribution is 7.09. The molecule has 1 heterocycles. The molecule has 96 valence electrons. The van der Waals surface area contributed by atoms with Gasteiger partial charge in [-0.3, -0.25) is 0 Å². The number of aryl methyl sites for hydroxylation is 2. The number of anilines is 1. The first-order valence-corrected chi connectivity index (χ1v) is 6.97. The fourth-order valence-electron chi connectivity index (χ4n) is 1.73. The van der Waals surface area contributed by atoms with Crippen molar-refractivity contribution in [1.29, 1.82) is 0 Å². The zero-order valence-corrected chi connectivity index (χ0v) is 12.1. The van der Waals surface area contributed by atoms with Crippen molar-refractivity contribution in [3.63, 3.8) is 0 Å². The number of aromatic nitrogens is 2. The van der Waals surface area contributed by atoms with Gasteiger partial charge in [0.15, 0.2) is 0 Å². The first-order chi connectivity index (χ1) is 8.54. The third kappa shape index (κ3) is 3.29. The SMILES string of the molecule is Cc1ccc(Cc2nsc(NC(C)C)n2)cc1C. The molecular weight excluding hydrogens is 242 g/mol. The summed E-state index contributed by atoms with van der Waals surface area (Å²) in [6.07, 6.45) is 0.803. The monoisotopic (exact) mass is 261 g/mol. The number of benzene rings is 1. The minimum Gasteiger partial charge on any atom is -0.358 e. The molecule has 1 N–H and O–H groups in total. The molecule has 1 aromatic heterocycles. The molecule has 2 rings (SSSR count). The Morgan fingerprint density at radius 3 is 2.67 bits per heavy atom. The van der Waals surface area contributed by atoms with E-state index in [1.807, 2.05) is 0 Å². The highest BCUT2D eigenvalue weighted by Crippen LogP contribution is 2.16. The van der Waals surface area contributed by atoms with E-state index in [2.05, 4.69) is 60.6 Å². The van der Waals surface area contributed by atoms with E-state index in [1.54, 1.807) is 0 Å². The minimum atomic E-state index is 0.396. The van der Waals surface area contributed by atoms with Crippen molar-refractivity contribution in [2.45, 2.75) is 40.2 Å². The zero-order chi connectivity index (χ0) is 13.1. The lowest BCUT2D eigenvalue weighted by atomic mass is 10.0. The van der Waals surface area contributed by atoms with Gasteiger partial charge in [-0.15, -0.1) is 0 Å². The van der Waals surface area contributed by atoms with Crippen molar-refractivity contribution in [2.24, 2.45) is 0 Å². The lowest BCUT2D eigenvalue weighted by Crippen LogP contribution is -2.09. The summed E-state index contributed by atoms with van der Waals surface area (Å²) in [6.45, 7) is 8.47. The zero-order valence-electron chi connectivity index (χ0n) is 11.3. The molecule has 0 aliphatic carbocycles. The molecule has 0 atom stereocenters. The van der Waals surface area contributed by atoms with Crippen LogP contribution in [0.15, 0.2) is 18.2 Å².